The molecule has 0 bridgehead atoms. The molecule has 0 spiro atoms. The summed E-state index contributed by atoms with van der Waals surface area (Å²) in [6, 6.07) is 0. The quantitative estimate of drug-likeness (QED) is 0.324. The van der Waals surface area contributed by atoms with E-state index in [2.05, 4.69) is 31.1 Å². The second-order valence-electron chi connectivity index (χ2n) is 4.74. The predicted molar refractivity (Wildman–Crippen MR) is 82.0 cm³/mol. The van der Waals surface area contributed by atoms with Crippen molar-refractivity contribution in [3.63, 3.8) is 0 Å². The lowest BCUT2D eigenvalue weighted by Crippen LogP contribution is -2.37. The van der Waals surface area contributed by atoms with E-state index in [1.165, 1.54) is 0 Å². The van der Waals surface area contributed by atoms with Crippen molar-refractivity contribution < 1.29 is 9.47 Å². The van der Waals surface area contributed by atoms with Gasteiger partial charge in [0.15, 0.2) is 5.96 Å². The molecule has 0 aromatic carbocycles. The molecule has 6 heteroatoms. The van der Waals surface area contributed by atoms with Gasteiger partial charge in [-0.2, -0.15) is 0 Å². The first-order valence-corrected chi connectivity index (χ1v) is 5.47. The third-order valence-electron chi connectivity index (χ3n) is 2.29. The minimum absolute atomic E-state index is 0. The van der Waals surface area contributed by atoms with E-state index in [1.807, 2.05) is 0 Å². The summed E-state index contributed by atoms with van der Waals surface area (Å²) in [4.78, 5) is 4.24. The number of hydrogen-bond donors (Lipinski definition) is 2. The van der Waals surface area contributed by atoms with E-state index >= 15 is 0 Å². The van der Waals surface area contributed by atoms with Crippen LogP contribution in [0.25, 0.3) is 0 Å². The molecular weight excluding hydrogens is 333 g/mol. The van der Waals surface area contributed by atoms with Crippen LogP contribution in [0.3, 0.4) is 0 Å². The van der Waals surface area contributed by atoms with Gasteiger partial charge in [-0.05, 0) is 5.41 Å². The molecule has 0 aliphatic carbocycles. The monoisotopic (exact) mass is 359 g/mol. The summed E-state index contributed by atoms with van der Waals surface area (Å²) < 4.78 is 10.3. The first kappa shape index (κ1) is 19.3. The molecule has 0 rings (SSSR count). The van der Waals surface area contributed by atoms with Gasteiger partial charge in [0.2, 0.25) is 0 Å². The molecule has 1 unspecified atom stereocenters. The normalized spacial score (nSPS) is 14.1. The summed E-state index contributed by atoms with van der Waals surface area (Å²) in [7, 11) is 3.34. The number of nitrogens with two attached hydrogens (primary N) is 1. The average Bonchev–Trinajstić information content (AvgIpc) is 2.17. The molecule has 17 heavy (non-hydrogen) atoms. The van der Waals surface area contributed by atoms with Crippen LogP contribution in [0.15, 0.2) is 4.99 Å². The van der Waals surface area contributed by atoms with Gasteiger partial charge in [0.1, 0.15) is 0 Å². The fourth-order valence-electron chi connectivity index (χ4n) is 1.22. The van der Waals surface area contributed by atoms with Crippen LogP contribution < -0.4 is 11.1 Å². The molecular formula is C11H26IN3O2. The number of halogens is 1. The van der Waals surface area contributed by atoms with E-state index < -0.39 is 0 Å². The summed E-state index contributed by atoms with van der Waals surface area (Å²) in [5, 5.41) is 2.96. The third-order valence-corrected chi connectivity index (χ3v) is 2.29. The number of nitrogens with one attached hydrogen (secondary N) is 1. The highest BCUT2D eigenvalue weighted by Gasteiger charge is 2.23. The largest absolute Gasteiger partial charge is 0.383 e. The van der Waals surface area contributed by atoms with Crippen molar-refractivity contribution in [2.45, 2.75) is 26.9 Å². The number of nitrogens with zero attached hydrogens (tertiary/aromatic N) is 1. The molecule has 0 amide bonds. The smallest absolute Gasteiger partial charge is 0.188 e. The molecule has 0 heterocycles. The minimum atomic E-state index is 0. The number of rotatable bonds is 6. The Balaban J connectivity index is 0. The van der Waals surface area contributed by atoms with E-state index in [9.17, 15) is 0 Å². The van der Waals surface area contributed by atoms with Crippen LogP contribution in [0.2, 0.25) is 0 Å². The van der Waals surface area contributed by atoms with Crippen molar-refractivity contribution in [1.82, 2.24) is 5.32 Å². The molecule has 0 fully saturated rings. The number of hydrogen-bond acceptors (Lipinski definition) is 3. The summed E-state index contributed by atoms with van der Waals surface area (Å²) >= 11 is 0. The van der Waals surface area contributed by atoms with E-state index in [1.54, 1.807) is 14.2 Å². The first-order chi connectivity index (χ1) is 7.41. The third kappa shape index (κ3) is 9.61. The Hall–Kier alpha value is -0.0800. The Morgan fingerprint density at radius 3 is 2.35 bits per heavy atom. The number of guanidine groups is 1. The van der Waals surface area contributed by atoms with Crippen LogP contribution in [-0.2, 0) is 9.47 Å². The van der Waals surface area contributed by atoms with Crippen molar-refractivity contribution in [1.29, 1.82) is 0 Å². The fraction of sp³-hybridized carbons (Fsp3) is 0.909. The molecule has 0 radical (unpaired) electrons. The number of aliphatic imine (C=N–C) groups is 1. The molecule has 0 aromatic heterocycles. The molecule has 5 nitrogen and oxygen atoms in total. The van der Waals surface area contributed by atoms with Crippen molar-refractivity contribution in [2.24, 2.45) is 16.1 Å². The molecule has 0 aliphatic heterocycles. The van der Waals surface area contributed by atoms with Gasteiger partial charge in [-0.15, -0.1) is 24.0 Å². The van der Waals surface area contributed by atoms with Gasteiger partial charge in [0, 0.05) is 20.8 Å². The van der Waals surface area contributed by atoms with Crippen LogP contribution in [0.5, 0.6) is 0 Å². The van der Waals surface area contributed by atoms with Gasteiger partial charge >= 0.3 is 0 Å². The van der Waals surface area contributed by atoms with Gasteiger partial charge in [-0.1, -0.05) is 20.8 Å². The Morgan fingerprint density at radius 2 is 1.94 bits per heavy atom. The zero-order valence-electron chi connectivity index (χ0n) is 11.4. The highest BCUT2D eigenvalue weighted by atomic mass is 127. The molecule has 104 valence electrons. The summed E-state index contributed by atoms with van der Waals surface area (Å²) in [5.74, 6) is 0.434. The maximum atomic E-state index is 5.69. The minimum Gasteiger partial charge on any atom is -0.383 e. The topological polar surface area (TPSA) is 68.9 Å². The van der Waals surface area contributed by atoms with E-state index in [0.29, 0.717) is 25.7 Å². The van der Waals surface area contributed by atoms with Crippen molar-refractivity contribution >= 4 is 29.9 Å². The lowest BCUT2D eigenvalue weighted by atomic mass is 9.89. The second kappa shape index (κ2) is 9.90. The Labute approximate surface area is 122 Å². The summed E-state index contributed by atoms with van der Waals surface area (Å²) in [6.07, 6.45) is 0.0651. The zero-order chi connectivity index (χ0) is 12.6. The number of ether oxygens (including phenoxy) is 2. The zero-order valence-corrected chi connectivity index (χ0v) is 13.8. The van der Waals surface area contributed by atoms with Crippen LogP contribution in [0.1, 0.15) is 20.8 Å². The first-order valence-electron chi connectivity index (χ1n) is 5.47. The SMILES string of the molecule is COCCNC(N)=NCC(OC)C(C)(C)C.I. The molecule has 1 atom stereocenters. The average molecular weight is 359 g/mol. The summed E-state index contributed by atoms with van der Waals surface area (Å²) in [5.41, 5.74) is 5.75. The lowest BCUT2D eigenvalue weighted by Gasteiger charge is -2.27. The Bertz CT molecular complexity index is 217. The van der Waals surface area contributed by atoms with E-state index in [-0.39, 0.29) is 35.5 Å². The maximum Gasteiger partial charge on any atom is 0.188 e. The van der Waals surface area contributed by atoms with Gasteiger partial charge in [0.25, 0.3) is 0 Å². The Kier molecular flexibility index (Phi) is 11.2. The highest BCUT2D eigenvalue weighted by molar-refractivity contribution is 14.0. The lowest BCUT2D eigenvalue weighted by molar-refractivity contribution is 0.0241. The van der Waals surface area contributed by atoms with E-state index in [0.717, 1.165) is 0 Å². The van der Waals surface area contributed by atoms with Crippen LogP contribution in [0, 0.1) is 5.41 Å². The molecule has 3 N–H and O–H groups in total. The fourth-order valence-corrected chi connectivity index (χ4v) is 1.22. The van der Waals surface area contributed by atoms with Crippen molar-refractivity contribution in [2.75, 3.05) is 33.9 Å². The van der Waals surface area contributed by atoms with Gasteiger partial charge < -0.3 is 20.5 Å². The molecule has 0 saturated heterocycles. The van der Waals surface area contributed by atoms with Crippen LogP contribution >= 0.6 is 24.0 Å². The van der Waals surface area contributed by atoms with Crippen LogP contribution in [0.4, 0.5) is 0 Å². The van der Waals surface area contributed by atoms with Gasteiger partial charge in [0.05, 0.1) is 19.3 Å². The van der Waals surface area contributed by atoms with Crippen LogP contribution in [-0.4, -0.2) is 46.0 Å². The standard InChI is InChI=1S/C11H25N3O2.HI/c1-11(2,3)9(16-5)8-14-10(12)13-6-7-15-4;/h9H,6-8H2,1-5H3,(H3,12,13,14);1H. The molecule has 0 aliphatic rings. The Morgan fingerprint density at radius 1 is 1.35 bits per heavy atom. The van der Waals surface area contributed by atoms with Gasteiger partial charge in [-0.3, -0.25) is 4.99 Å². The van der Waals surface area contributed by atoms with Gasteiger partial charge in [-0.25, -0.2) is 0 Å². The molecule has 0 saturated carbocycles. The van der Waals surface area contributed by atoms with Crippen molar-refractivity contribution in [3.05, 3.63) is 0 Å². The predicted octanol–water partition coefficient (Wildman–Crippen LogP) is 1.22. The second-order valence-corrected chi connectivity index (χ2v) is 4.74. The summed E-state index contributed by atoms with van der Waals surface area (Å²) in [6.45, 7) is 8.19. The van der Waals surface area contributed by atoms with Crippen molar-refractivity contribution in [3.8, 4) is 0 Å². The molecule has 0 aromatic rings. The maximum absolute atomic E-state index is 5.69. The number of methoxy groups -OCH3 is 2. The highest BCUT2D eigenvalue weighted by Crippen LogP contribution is 2.21. The van der Waals surface area contributed by atoms with E-state index in [4.69, 9.17) is 15.2 Å².